The third-order valence-electron chi connectivity index (χ3n) is 5.18. The van der Waals surface area contributed by atoms with E-state index in [0.717, 1.165) is 18.4 Å². The lowest BCUT2D eigenvalue weighted by atomic mass is 9.77. The van der Waals surface area contributed by atoms with Gasteiger partial charge in [0.05, 0.1) is 5.69 Å². The van der Waals surface area contributed by atoms with E-state index in [-0.39, 0.29) is 11.2 Å². The summed E-state index contributed by atoms with van der Waals surface area (Å²) in [5, 5.41) is 9.72. The van der Waals surface area contributed by atoms with E-state index in [9.17, 15) is 5.11 Å². The van der Waals surface area contributed by atoms with Crippen LogP contribution in [0.3, 0.4) is 0 Å². The van der Waals surface area contributed by atoms with Gasteiger partial charge in [-0.15, -0.1) is 0 Å². The van der Waals surface area contributed by atoms with Gasteiger partial charge < -0.3 is 10.8 Å². The lowest BCUT2D eigenvalue weighted by Gasteiger charge is -2.28. The van der Waals surface area contributed by atoms with Crippen LogP contribution in [-0.4, -0.2) is 5.11 Å². The highest BCUT2D eigenvalue weighted by atomic mass is 16.3. The molecule has 2 nitrogen and oxygen atoms in total. The summed E-state index contributed by atoms with van der Waals surface area (Å²) in [6.45, 7) is 11.2. The van der Waals surface area contributed by atoms with Crippen molar-refractivity contribution in [2.45, 2.75) is 58.8 Å². The molecule has 2 aromatic rings. The summed E-state index contributed by atoms with van der Waals surface area (Å²) in [6.07, 6.45) is 2.18. The van der Waals surface area contributed by atoms with Crippen molar-refractivity contribution < 1.29 is 5.11 Å². The molecule has 0 aliphatic carbocycles. The van der Waals surface area contributed by atoms with E-state index in [1.165, 1.54) is 16.7 Å². The first-order valence-corrected chi connectivity index (χ1v) is 8.53. The molecule has 0 amide bonds. The van der Waals surface area contributed by atoms with Gasteiger partial charge in [-0.3, -0.25) is 0 Å². The SMILES string of the molecule is CCC(C)c1ccc(C(C)(C)CC)c(-c2ccc(O)c(N)c2)c1. The molecule has 0 aromatic heterocycles. The quantitative estimate of drug-likeness (QED) is 0.538. The molecule has 0 bridgehead atoms. The summed E-state index contributed by atoms with van der Waals surface area (Å²) in [6, 6.07) is 12.3. The van der Waals surface area contributed by atoms with Crippen LogP contribution in [0.15, 0.2) is 36.4 Å². The predicted molar refractivity (Wildman–Crippen MR) is 100.0 cm³/mol. The molecule has 1 unspecified atom stereocenters. The molecule has 2 heteroatoms. The van der Waals surface area contributed by atoms with E-state index in [4.69, 9.17) is 5.73 Å². The number of hydrogen-bond acceptors (Lipinski definition) is 2. The Morgan fingerprint density at radius 1 is 1.09 bits per heavy atom. The number of nitrogen functional groups attached to an aromatic ring is 1. The molecule has 0 aliphatic rings. The van der Waals surface area contributed by atoms with E-state index < -0.39 is 0 Å². The van der Waals surface area contributed by atoms with Crippen LogP contribution in [0.25, 0.3) is 11.1 Å². The normalized spacial score (nSPS) is 13.1. The minimum atomic E-state index is 0.0932. The standard InChI is InChI=1S/C21H29NO/c1-6-14(3)15-8-10-18(21(4,5)7-2)17(12-15)16-9-11-20(23)19(22)13-16/h8-14,23H,6-7,22H2,1-5H3. The maximum absolute atomic E-state index is 9.72. The number of anilines is 1. The third-order valence-corrected chi connectivity index (χ3v) is 5.18. The molecule has 0 radical (unpaired) electrons. The number of phenolic OH excluding ortho intramolecular Hbond substituents is 1. The Morgan fingerprint density at radius 3 is 2.35 bits per heavy atom. The minimum absolute atomic E-state index is 0.0932. The molecule has 2 aromatic carbocycles. The molecule has 124 valence electrons. The van der Waals surface area contributed by atoms with Crippen molar-refractivity contribution in [3.8, 4) is 16.9 Å². The maximum atomic E-state index is 9.72. The van der Waals surface area contributed by atoms with Gasteiger partial charge in [-0.25, -0.2) is 0 Å². The minimum Gasteiger partial charge on any atom is -0.506 e. The van der Waals surface area contributed by atoms with Gasteiger partial charge in [0, 0.05) is 0 Å². The van der Waals surface area contributed by atoms with Crippen LogP contribution in [0.5, 0.6) is 5.75 Å². The van der Waals surface area contributed by atoms with Gasteiger partial charge in [-0.1, -0.05) is 58.9 Å². The summed E-state index contributed by atoms with van der Waals surface area (Å²) >= 11 is 0. The van der Waals surface area contributed by atoms with Gasteiger partial charge >= 0.3 is 0 Å². The molecule has 23 heavy (non-hydrogen) atoms. The molecular weight excluding hydrogens is 282 g/mol. The van der Waals surface area contributed by atoms with Gasteiger partial charge in [0.15, 0.2) is 0 Å². The summed E-state index contributed by atoms with van der Waals surface area (Å²) in [5.41, 5.74) is 11.4. The zero-order valence-corrected chi connectivity index (χ0v) is 15.0. The van der Waals surface area contributed by atoms with Crippen molar-refractivity contribution in [1.29, 1.82) is 0 Å². The summed E-state index contributed by atoms with van der Waals surface area (Å²) in [7, 11) is 0. The predicted octanol–water partition coefficient (Wildman–Crippen LogP) is 5.84. The van der Waals surface area contributed by atoms with Crippen LogP contribution < -0.4 is 5.73 Å². The van der Waals surface area contributed by atoms with Crippen molar-refractivity contribution in [3.05, 3.63) is 47.5 Å². The van der Waals surface area contributed by atoms with Crippen LogP contribution >= 0.6 is 0 Å². The van der Waals surface area contributed by atoms with Gasteiger partial charge in [-0.05, 0) is 58.6 Å². The highest BCUT2D eigenvalue weighted by Gasteiger charge is 2.23. The first-order chi connectivity index (χ1) is 10.8. The zero-order valence-electron chi connectivity index (χ0n) is 15.0. The van der Waals surface area contributed by atoms with Gasteiger partial charge in [0.2, 0.25) is 0 Å². The molecule has 3 N–H and O–H groups in total. The third kappa shape index (κ3) is 3.52. The molecular formula is C21H29NO. The number of rotatable bonds is 5. The van der Waals surface area contributed by atoms with Gasteiger partial charge in [-0.2, -0.15) is 0 Å². The molecule has 0 saturated heterocycles. The molecule has 0 fully saturated rings. The lowest BCUT2D eigenvalue weighted by Crippen LogP contribution is -2.17. The second-order valence-corrected chi connectivity index (χ2v) is 7.13. The number of benzene rings is 2. The Bertz CT molecular complexity index is 688. The van der Waals surface area contributed by atoms with Crippen molar-refractivity contribution in [1.82, 2.24) is 0 Å². The Balaban J connectivity index is 2.67. The van der Waals surface area contributed by atoms with Crippen molar-refractivity contribution >= 4 is 5.69 Å². The fourth-order valence-electron chi connectivity index (χ4n) is 2.85. The molecule has 0 heterocycles. The van der Waals surface area contributed by atoms with Crippen LogP contribution in [0.2, 0.25) is 0 Å². The molecule has 0 spiro atoms. The molecule has 1 atom stereocenters. The first kappa shape index (κ1) is 17.4. The average Bonchev–Trinajstić information content (AvgIpc) is 2.56. The van der Waals surface area contributed by atoms with Crippen LogP contribution in [0.4, 0.5) is 5.69 Å². The van der Waals surface area contributed by atoms with Gasteiger partial charge in [0.25, 0.3) is 0 Å². The van der Waals surface area contributed by atoms with Crippen molar-refractivity contribution in [2.24, 2.45) is 0 Å². The summed E-state index contributed by atoms with van der Waals surface area (Å²) in [4.78, 5) is 0. The average molecular weight is 311 g/mol. The van der Waals surface area contributed by atoms with Crippen LogP contribution in [-0.2, 0) is 5.41 Å². The Hall–Kier alpha value is -1.96. The van der Waals surface area contributed by atoms with E-state index in [0.29, 0.717) is 11.6 Å². The van der Waals surface area contributed by atoms with Crippen LogP contribution in [0, 0.1) is 0 Å². The second kappa shape index (κ2) is 6.66. The Morgan fingerprint density at radius 2 is 1.78 bits per heavy atom. The Kier molecular flexibility index (Phi) is 5.03. The number of phenols is 1. The first-order valence-electron chi connectivity index (χ1n) is 8.53. The highest BCUT2D eigenvalue weighted by molar-refractivity contribution is 5.74. The fourth-order valence-corrected chi connectivity index (χ4v) is 2.85. The van der Waals surface area contributed by atoms with Crippen LogP contribution in [0.1, 0.15) is 64.5 Å². The molecule has 0 saturated carbocycles. The van der Waals surface area contributed by atoms with E-state index >= 15 is 0 Å². The van der Waals surface area contributed by atoms with E-state index in [2.05, 4.69) is 52.8 Å². The largest absolute Gasteiger partial charge is 0.506 e. The van der Waals surface area contributed by atoms with E-state index in [1.54, 1.807) is 6.07 Å². The zero-order chi connectivity index (χ0) is 17.2. The number of hydrogen-bond donors (Lipinski definition) is 2. The topological polar surface area (TPSA) is 46.2 Å². The van der Waals surface area contributed by atoms with E-state index in [1.807, 2.05) is 12.1 Å². The number of nitrogens with two attached hydrogens (primary N) is 1. The van der Waals surface area contributed by atoms with Crippen molar-refractivity contribution in [2.75, 3.05) is 5.73 Å². The number of aromatic hydroxyl groups is 1. The smallest absolute Gasteiger partial charge is 0.138 e. The fraction of sp³-hybridized carbons (Fsp3) is 0.429. The molecule has 0 aliphatic heterocycles. The molecule has 2 rings (SSSR count). The monoisotopic (exact) mass is 311 g/mol. The van der Waals surface area contributed by atoms with Crippen molar-refractivity contribution in [3.63, 3.8) is 0 Å². The summed E-state index contributed by atoms with van der Waals surface area (Å²) < 4.78 is 0. The van der Waals surface area contributed by atoms with Gasteiger partial charge in [0.1, 0.15) is 5.75 Å². The highest BCUT2D eigenvalue weighted by Crippen LogP contribution is 2.39. The Labute approximate surface area is 140 Å². The lowest BCUT2D eigenvalue weighted by molar-refractivity contribution is 0.478. The summed E-state index contributed by atoms with van der Waals surface area (Å²) in [5.74, 6) is 0.671. The second-order valence-electron chi connectivity index (χ2n) is 7.13. The maximum Gasteiger partial charge on any atom is 0.138 e.